The maximum atomic E-state index is 9.19. The van der Waals surface area contributed by atoms with Crippen LogP contribution in [-0.4, -0.2) is 34.2 Å². The molecule has 2 aromatic heterocycles. The van der Waals surface area contributed by atoms with Gasteiger partial charge in [0.1, 0.15) is 5.82 Å². The molecule has 9 nitrogen and oxygen atoms in total. The van der Waals surface area contributed by atoms with Gasteiger partial charge in [0.05, 0.1) is 17.9 Å². The summed E-state index contributed by atoms with van der Waals surface area (Å²) in [6.07, 6.45) is 6.02. The molecule has 178 valence electrons. The first kappa shape index (κ1) is 25.3. The average molecular weight is 489 g/mol. The van der Waals surface area contributed by atoms with Crippen LogP contribution in [0.15, 0.2) is 73.2 Å². The van der Waals surface area contributed by atoms with Gasteiger partial charge in [-0.2, -0.15) is 18.7 Å². The molecule has 0 atom stereocenters. The summed E-state index contributed by atoms with van der Waals surface area (Å²) >= 11 is 0. The molecule has 0 aliphatic carbocycles. The van der Waals surface area contributed by atoms with Gasteiger partial charge in [0.15, 0.2) is 0 Å². The lowest BCUT2D eigenvalue weighted by Gasteiger charge is -2.15. The Balaban J connectivity index is 0.000000623. The van der Waals surface area contributed by atoms with E-state index in [0.29, 0.717) is 23.6 Å². The quantitative estimate of drug-likeness (QED) is 0.330. The third-order valence-electron chi connectivity index (χ3n) is 4.73. The molecule has 3 N–H and O–H groups in total. The molecule has 35 heavy (non-hydrogen) atoms. The fraction of sp³-hybridized carbons (Fsp3) is 0.120. The minimum absolute atomic E-state index is 0.480. The van der Waals surface area contributed by atoms with Gasteiger partial charge in [-0.1, -0.05) is 0 Å². The van der Waals surface area contributed by atoms with Gasteiger partial charge in [-0.3, -0.25) is 9.54 Å². The van der Waals surface area contributed by atoms with Crippen molar-refractivity contribution in [3.8, 4) is 17.2 Å². The first-order valence-corrected chi connectivity index (χ1v) is 12.3. The summed E-state index contributed by atoms with van der Waals surface area (Å²) < 4.78 is 25.9. The Morgan fingerprint density at radius 1 is 0.886 bits per heavy atom. The summed E-state index contributed by atoms with van der Waals surface area (Å²) in [4.78, 5) is 12.9. The lowest BCUT2D eigenvalue weighted by atomic mass is 9.99. The number of rotatable bonds is 5. The SMILES string of the molecule is CS(=O)(=O)O.Cc1cc(-c2ccncc2)cc(C)c1Nc1ccnc(Nc2ccc(C#N)cc2)n1. The van der Waals surface area contributed by atoms with Crippen LogP contribution < -0.4 is 10.6 Å². The molecule has 2 aromatic carbocycles. The summed E-state index contributed by atoms with van der Waals surface area (Å²) in [6.45, 7) is 4.16. The maximum Gasteiger partial charge on any atom is 0.261 e. The Hall–Kier alpha value is -4.33. The maximum absolute atomic E-state index is 9.19. The summed E-state index contributed by atoms with van der Waals surface area (Å²) in [5, 5.41) is 15.5. The topological polar surface area (TPSA) is 141 Å². The molecule has 0 radical (unpaired) electrons. The smallest absolute Gasteiger partial charge is 0.261 e. The first-order valence-electron chi connectivity index (χ1n) is 10.4. The van der Waals surface area contributed by atoms with Gasteiger partial charge in [-0.05, 0) is 90.7 Å². The molecule has 0 aliphatic rings. The number of hydrogen-bond acceptors (Lipinski definition) is 8. The van der Waals surface area contributed by atoms with Crippen LogP contribution in [0, 0.1) is 25.2 Å². The molecule has 10 heteroatoms. The zero-order chi connectivity index (χ0) is 25.4. The van der Waals surface area contributed by atoms with Gasteiger partial charge in [-0.15, -0.1) is 0 Å². The fourth-order valence-electron chi connectivity index (χ4n) is 3.25. The molecule has 0 fully saturated rings. The van der Waals surface area contributed by atoms with Crippen LogP contribution in [0.5, 0.6) is 0 Å². The van der Waals surface area contributed by atoms with Gasteiger partial charge in [0.25, 0.3) is 10.1 Å². The predicted octanol–water partition coefficient (Wildman–Crippen LogP) is 5.02. The number of nitrogens with one attached hydrogen (secondary N) is 2. The second-order valence-corrected chi connectivity index (χ2v) is 9.12. The van der Waals surface area contributed by atoms with E-state index in [9.17, 15) is 8.42 Å². The van der Waals surface area contributed by atoms with Crippen molar-refractivity contribution >= 4 is 33.3 Å². The second kappa shape index (κ2) is 11.2. The predicted molar refractivity (Wildman–Crippen MR) is 136 cm³/mol. The van der Waals surface area contributed by atoms with Gasteiger partial charge < -0.3 is 10.6 Å². The molecule has 0 saturated carbocycles. The first-order chi connectivity index (χ1) is 16.6. The van der Waals surface area contributed by atoms with Crippen molar-refractivity contribution in [2.24, 2.45) is 0 Å². The number of anilines is 4. The van der Waals surface area contributed by atoms with Crippen molar-refractivity contribution in [3.05, 3.63) is 89.9 Å². The van der Waals surface area contributed by atoms with Crippen molar-refractivity contribution in [2.75, 3.05) is 16.9 Å². The van der Waals surface area contributed by atoms with Crippen molar-refractivity contribution in [2.45, 2.75) is 13.8 Å². The van der Waals surface area contributed by atoms with Crippen LogP contribution in [0.1, 0.15) is 16.7 Å². The molecule has 0 spiro atoms. The third-order valence-corrected chi connectivity index (χ3v) is 4.73. The van der Waals surface area contributed by atoms with Gasteiger partial charge in [0, 0.05) is 30.0 Å². The van der Waals surface area contributed by atoms with Crippen molar-refractivity contribution < 1.29 is 13.0 Å². The van der Waals surface area contributed by atoms with Crippen LogP contribution in [-0.2, 0) is 10.1 Å². The van der Waals surface area contributed by atoms with Crippen LogP contribution in [0.25, 0.3) is 11.1 Å². The average Bonchev–Trinajstić information content (AvgIpc) is 2.81. The van der Waals surface area contributed by atoms with E-state index in [1.54, 1.807) is 30.7 Å². The zero-order valence-electron chi connectivity index (χ0n) is 19.4. The highest BCUT2D eigenvalue weighted by Gasteiger charge is 2.09. The molecule has 0 saturated heterocycles. The standard InChI is InChI=1S/C24H20N6.CH4O3S/c1-16-13-20(19-7-10-26-11-8-19)14-17(2)23(16)29-22-9-12-27-24(30-22)28-21-5-3-18(15-25)4-6-21;1-5(2,3)4/h3-14H,1-2H3,(H2,27,28,29,30);1H3,(H,2,3,4). The van der Waals surface area contributed by atoms with Crippen molar-refractivity contribution in [1.82, 2.24) is 15.0 Å². The fourth-order valence-corrected chi connectivity index (χ4v) is 3.25. The third kappa shape index (κ3) is 7.89. The van der Waals surface area contributed by atoms with E-state index in [0.717, 1.165) is 33.6 Å². The van der Waals surface area contributed by atoms with E-state index in [4.69, 9.17) is 9.81 Å². The zero-order valence-corrected chi connectivity index (χ0v) is 20.2. The summed E-state index contributed by atoms with van der Waals surface area (Å²) in [7, 11) is -3.67. The minimum Gasteiger partial charge on any atom is -0.340 e. The summed E-state index contributed by atoms with van der Waals surface area (Å²) in [6, 6.07) is 19.4. The summed E-state index contributed by atoms with van der Waals surface area (Å²) in [5.41, 5.74) is 7.00. The monoisotopic (exact) mass is 488 g/mol. The number of aromatic nitrogens is 3. The molecule has 0 aliphatic heterocycles. The van der Waals surface area contributed by atoms with E-state index in [-0.39, 0.29) is 0 Å². The number of pyridine rings is 1. The van der Waals surface area contributed by atoms with Crippen LogP contribution in [0.3, 0.4) is 0 Å². The van der Waals surface area contributed by atoms with E-state index in [1.807, 2.05) is 30.3 Å². The lowest BCUT2D eigenvalue weighted by Crippen LogP contribution is -2.02. The Morgan fingerprint density at radius 3 is 2.06 bits per heavy atom. The molecule has 4 rings (SSSR count). The molecular weight excluding hydrogens is 464 g/mol. The Labute approximate surface area is 204 Å². The van der Waals surface area contributed by atoms with E-state index in [2.05, 4.69) is 57.6 Å². The number of hydrogen-bond donors (Lipinski definition) is 3. The largest absolute Gasteiger partial charge is 0.340 e. The molecule has 0 amide bonds. The lowest BCUT2D eigenvalue weighted by molar-refractivity contribution is 0.490. The van der Waals surface area contributed by atoms with E-state index < -0.39 is 10.1 Å². The summed E-state index contributed by atoms with van der Waals surface area (Å²) in [5.74, 6) is 1.18. The highest BCUT2D eigenvalue weighted by atomic mass is 32.2. The number of nitriles is 1. The molecular formula is C25H24N6O3S. The molecule has 0 bridgehead atoms. The molecule has 0 unspecified atom stereocenters. The number of benzene rings is 2. The van der Waals surface area contributed by atoms with Crippen LogP contribution >= 0.6 is 0 Å². The van der Waals surface area contributed by atoms with Crippen LogP contribution in [0.2, 0.25) is 0 Å². The molecule has 4 aromatic rings. The Kier molecular flexibility index (Phi) is 8.09. The Bertz CT molecular complexity index is 1420. The van der Waals surface area contributed by atoms with Gasteiger partial charge in [-0.25, -0.2) is 4.98 Å². The highest BCUT2D eigenvalue weighted by molar-refractivity contribution is 7.85. The molecule has 2 heterocycles. The minimum atomic E-state index is -3.67. The van der Waals surface area contributed by atoms with Gasteiger partial charge in [0.2, 0.25) is 5.95 Å². The van der Waals surface area contributed by atoms with Crippen molar-refractivity contribution in [1.29, 1.82) is 5.26 Å². The normalized spacial score (nSPS) is 10.5. The number of aryl methyl sites for hydroxylation is 2. The van der Waals surface area contributed by atoms with Crippen molar-refractivity contribution in [3.63, 3.8) is 0 Å². The second-order valence-electron chi connectivity index (χ2n) is 7.66. The number of nitrogens with zero attached hydrogens (tertiary/aromatic N) is 4. The highest BCUT2D eigenvalue weighted by Crippen LogP contribution is 2.30. The van der Waals surface area contributed by atoms with E-state index in [1.165, 1.54) is 0 Å². The Morgan fingerprint density at radius 2 is 1.49 bits per heavy atom. The van der Waals surface area contributed by atoms with Gasteiger partial charge >= 0.3 is 0 Å². The van der Waals surface area contributed by atoms with Crippen LogP contribution in [0.4, 0.5) is 23.1 Å². The van der Waals surface area contributed by atoms with E-state index >= 15 is 0 Å².